The fraction of sp³-hybridized carbons (Fsp3) is 0.462. The van der Waals surface area contributed by atoms with Gasteiger partial charge in [0.25, 0.3) is 0 Å². The summed E-state index contributed by atoms with van der Waals surface area (Å²) in [4.78, 5) is 13.7. The number of rotatable bonds is 3. The molecule has 0 radical (unpaired) electrons. The van der Waals surface area contributed by atoms with Crippen LogP contribution in [-0.4, -0.2) is 23.8 Å². The molecule has 0 heterocycles. The third kappa shape index (κ3) is 2.45. The Labute approximate surface area is 90.9 Å². The van der Waals surface area contributed by atoms with E-state index in [1.54, 1.807) is 0 Å². The molecule has 15 heavy (non-hydrogen) atoms. The van der Waals surface area contributed by atoms with Crippen molar-refractivity contribution in [2.75, 3.05) is 7.05 Å². The van der Waals surface area contributed by atoms with Gasteiger partial charge in [-0.3, -0.25) is 9.69 Å². The second-order valence-corrected chi connectivity index (χ2v) is 4.28. The van der Waals surface area contributed by atoms with E-state index >= 15 is 0 Å². The molecule has 80 valence electrons. The number of hydrogen-bond donors (Lipinski definition) is 0. The summed E-state index contributed by atoms with van der Waals surface area (Å²) in [6.07, 6.45) is 2.86. The molecule has 2 nitrogen and oxygen atoms in total. The molecule has 1 fully saturated rings. The van der Waals surface area contributed by atoms with Crippen LogP contribution in [0.1, 0.15) is 24.8 Å². The number of ketones is 1. The van der Waals surface area contributed by atoms with Gasteiger partial charge in [0.05, 0.1) is 6.04 Å². The number of likely N-dealkylation sites (N-methyl/N-ethyl adjacent to an activating group) is 1. The molecule has 0 spiro atoms. The van der Waals surface area contributed by atoms with Crippen LogP contribution >= 0.6 is 0 Å². The minimum absolute atomic E-state index is 0.158. The molecule has 0 aromatic heterocycles. The van der Waals surface area contributed by atoms with Crippen molar-refractivity contribution in [3.63, 3.8) is 0 Å². The highest BCUT2D eigenvalue weighted by Gasteiger charge is 2.27. The average molecular weight is 203 g/mol. The molecule has 2 rings (SSSR count). The Morgan fingerprint density at radius 1 is 1.33 bits per heavy atom. The van der Waals surface area contributed by atoms with E-state index in [0.717, 1.165) is 25.8 Å². The van der Waals surface area contributed by atoms with Crippen molar-refractivity contribution < 1.29 is 4.79 Å². The fourth-order valence-corrected chi connectivity index (χ4v) is 2.25. The summed E-state index contributed by atoms with van der Waals surface area (Å²) < 4.78 is 0. The van der Waals surface area contributed by atoms with Crippen molar-refractivity contribution in [1.29, 1.82) is 0 Å². The van der Waals surface area contributed by atoms with Crippen LogP contribution in [0.15, 0.2) is 30.3 Å². The van der Waals surface area contributed by atoms with Crippen LogP contribution in [0.5, 0.6) is 0 Å². The highest BCUT2D eigenvalue weighted by Crippen LogP contribution is 2.20. The summed E-state index contributed by atoms with van der Waals surface area (Å²) in [5.74, 6) is 0.411. The van der Waals surface area contributed by atoms with Gasteiger partial charge >= 0.3 is 0 Å². The molecule has 0 amide bonds. The van der Waals surface area contributed by atoms with E-state index in [9.17, 15) is 4.79 Å². The predicted molar refractivity (Wildman–Crippen MR) is 60.6 cm³/mol. The second-order valence-electron chi connectivity index (χ2n) is 4.28. The first-order valence-corrected chi connectivity index (χ1v) is 5.54. The monoisotopic (exact) mass is 203 g/mol. The number of carbonyl (C=O) groups is 1. The Bertz CT molecular complexity index is 334. The lowest BCUT2D eigenvalue weighted by Gasteiger charge is -2.22. The lowest BCUT2D eigenvalue weighted by molar-refractivity contribution is -0.121. The van der Waals surface area contributed by atoms with Crippen LogP contribution in [0.3, 0.4) is 0 Å². The smallest absolute Gasteiger partial charge is 0.149 e. The Kier molecular flexibility index (Phi) is 3.17. The molecule has 0 saturated heterocycles. The lowest BCUT2D eigenvalue weighted by Crippen LogP contribution is -2.34. The molecule has 0 bridgehead atoms. The van der Waals surface area contributed by atoms with Crippen LogP contribution in [0.25, 0.3) is 0 Å². The molecule has 1 aromatic rings. The van der Waals surface area contributed by atoms with Gasteiger partial charge < -0.3 is 0 Å². The molecular weight excluding hydrogens is 186 g/mol. The zero-order valence-corrected chi connectivity index (χ0v) is 9.15. The predicted octanol–water partition coefficient (Wildman–Crippen LogP) is 2.24. The van der Waals surface area contributed by atoms with Gasteiger partial charge in [-0.2, -0.15) is 0 Å². The molecule has 0 aliphatic heterocycles. The summed E-state index contributed by atoms with van der Waals surface area (Å²) in [5.41, 5.74) is 1.28. The van der Waals surface area contributed by atoms with Crippen molar-refractivity contribution in [1.82, 2.24) is 4.90 Å². The summed E-state index contributed by atoms with van der Waals surface area (Å²) in [6, 6.07) is 10.5. The highest BCUT2D eigenvalue weighted by atomic mass is 16.1. The summed E-state index contributed by atoms with van der Waals surface area (Å²) in [5, 5.41) is 0. The fourth-order valence-electron chi connectivity index (χ4n) is 2.25. The van der Waals surface area contributed by atoms with Gasteiger partial charge in [-0.15, -0.1) is 0 Å². The molecule has 1 aliphatic rings. The Morgan fingerprint density at radius 3 is 2.67 bits per heavy atom. The highest BCUT2D eigenvalue weighted by molar-refractivity contribution is 5.85. The number of Topliss-reactive ketones (excluding diaryl/α,β-unsaturated/α-hetero) is 1. The van der Waals surface area contributed by atoms with E-state index in [-0.39, 0.29) is 6.04 Å². The lowest BCUT2D eigenvalue weighted by atomic mass is 10.1. The number of benzene rings is 1. The van der Waals surface area contributed by atoms with E-state index in [1.165, 1.54) is 5.56 Å². The Morgan fingerprint density at radius 2 is 2.07 bits per heavy atom. The third-order valence-electron chi connectivity index (χ3n) is 3.08. The van der Waals surface area contributed by atoms with Crippen molar-refractivity contribution in [3.05, 3.63) is 35.9 Å². The van der Waals surface area contributed by atoms with Crippen LogP contribution < -0.4 is 0 Å². The maximum atomic E-state index is 11.6. The summed E-state index contributed by atoms with van der Waals surface area (Å²) in [7, 11) is 2.04. The maximum Gasteiger partial charge on any atom is 0.149 e. The average Bonchev–Trinajstić information content (AvgIpc) is 2.66. The summed E-state index contributed by atoms with van der Waals surface area (Å²) in [6.45, 7) is 0.872. The van der Waals surface area contributed by atoms with E-state index in [0.29, 0.717) is 5.78 Å². The first-order chi connectivity index (χ1) is 7.27. The zero-order chi connectivity index (χ0) is 10.7. The zero-order valence-electron chi connectivity index (χ0n) is 9.15. The van der Waals surface area contributed by atoms with Gasteiger partial charge in [-0.1, -0.05) is 30.3 Å². The SMILES string of the molecule is CN(Cc1ccccc1)C1CCCC1=O. The normalized spacial score (nSPS) is 21.2. The first kappa shape index (κ1) is 10.4. The number of hydrogen-bond acceptors (Lipinski definition) is 2. The van der Waals surface area contributed by atoms with Crippen LogP contribution in [-0.2, 0) is 11.3 Å². The van der Waals surface area contributed by atoms with Gasteiger partial charge in [0.2, 0.25) is 0 Å². The van der Waals surface area contributed by atoms with Crippen molar-refractivity contribution in [2.24, 2.45) is 0 Å². The first-order valence-electron chi connectivity index (χ1n) is 5.54. The molecule has 1 unspecified atom stereocenters. The van der Waals surface area contributed by atoms with E-state index in [2.05, 4.69) is 17.0 Å². The van der Waals surface area contributed by atoms with Crippen molar-refractivity contribution in [3.8, 4) is 0 Å². The van der Waals surface area contributed by atoms with Crippen LogP contribution in [0.2, 0.25) is 0 Å². The Balaban J connectivity index is 1.97. The third-order valence-corrected chi connectivity index (χ3v) is 3.08. The number of carbonyl (C=O) groups excluding carboxylic acids is 1. The van der Waals surface area contributed by atoms with Gasteiger partial charge in [-0.05, 0) is 25.5 Å². The van der Waals surface area contributed by atoms with E-state index in [4.69, 9.17) is 0 Å². The molecule has 1 aliphatic carbocycles. The van der Waals surface area contributed by atoms with Gasteiger partial charge in [-0.25, -0.2) is 0 Å². The minimum atomic E-state index is 0.158. The second kappa shape index (κ2) is 4.58. The van der Waals surface area contributed by atoms with Gasteiger partial charge in [0, 0.05) is 13.0 Å². The summed E-state index contributed by atoms with van der Waals surface area (Å²) >= 11 is 0. The maximum absolute atomic E-state index is 11.6. The standard InChI is InChI=1S/C13H17NO/c1-14(12-8-5-9-13(12)15)10-11-6-3-2-4-7-11/h2-4,6-7,12H,5,8-10H2,1H3. The largest absolute Gasteiger partial charge is 0.298 e. The van der Waals surface area contributed by atoms with Gasteiger partial charge in [0.15, 0.2) is 0 Å². The van der Waals surface area contributed by atoms with Crippen molar-refractivity contribution in [2.45, 2.75) is 31.8 Å². The molecule has 2 heteroatoms. The molecule has 1 atom stereocenters. The quantitative estimate of drug-likeness (QED) is 0.751. The minimum Gasteiger partial charge on any atom is -0.298 e. The number of nitrogens with zero attached hydrogens (tertiary/aromatic N) is 1. The van der Waals surface area contributed by atoms with E-state index < -0.39 is 0 Å². The van der Waals surface area contributed by atoms with Crippen LogP contribution in [0, 0.1) is 0 Å². The molecule has 1 saturated carbocycles. The molecular formula is C13H17NO. The van der Waals surface area contributed by atoms with Crippen LogP contribution in [0.4, 0.5) is 0 Å². The Hall–Kier alpha value is -1.15. The van der Waals surface area contributed by atoms with E-state index in [1.807, 2.05) is 25.2 Å². The van der Waals surface area contributed by atoms with Crippen molar-refractivity contribution >= 4 is 5.78 Å². The van der Waals surface area contributed by atoms with Gasteiger partial charge in [0.1, 0.15) is 5.78 Å². The molecule has 0 N–H and O–H groups in total. The molecule has 1 aromatic carbocycles. The topological polar surface area (TPSA) is 20.3 Å².